The molecule has 0 N–H and O–H groups in total. The Labute approximate surface area is 216 Å². The molecule has 2 amide bonds. The molecule has 2 fully saturated rings. The lowest BCUT2D eigenvalue weighted by molar-refractivity contribution is -0.145. The smallest absolute Gasteiger partial charge is 0.237 e. The van der Waals surface area contributed by atoms with Crippen LogP contribution in [0.3, 0.4) is 0 Å². The van der Waals surface area contributed by atoms with Crippen molar-refractivity contribution < 1.29 is 23.9 Å². The summed E-state index contributed by atoms with van der Waals surface area (Å²) in [4.78, 5) is 56.3. The summed E-state index contributed by atoms with van der Waals surface area (Å²) in [5, 5.41) is 0.596. The summed E-state index contributed by atoms with van der Waals surface area (Å²) < 4.78 is 6.25. The zero-order valence-electron chi connectivity index (χ0n) is 19.0. The lowest BCUT2D eigenvalue weighted by Crippen LogP contribution is -2.50. The zero-order valence-corrected chi connectivity index (χ0v) is 20.5. The summed E-state index contributed by atoms with van der Waals surface area (Å²) in [6.07, 6.45) is -1.08. The summed E-state index contributed by atoms with van der Waals surface area (Å²) >= 11 is 12.6. The Hall–Kier alpha value is -3.32. The second-order valence-corrected chi connectivity index (χ2v) is 10.2. The number of fused-ring (bicyclic) bond motifs is 3. The topological polar surface area (TPSA) is 80.8 Å². The molecule has 0 saturated carbocycles. The molecule has 8 heteroatoms. The number of hydrogen-bond donors (Lipinski definition) is 0. The molecule has 36 heavy (non-hydrogen) atoms. The number of ether oxygens (including phenoxy) is 1. The van der Waals surface area contributed by atoms with Crippen molar-refractivity contribution in [2.45, 2.75) is 25.2 Å². The fourth-order valence-corrected chi connectivity index (χ4v) is 6.14. The molecule has 2 heterocycles. The normalized spacial score (nSPS) is 24.1. The molecule has 3 atom stereocenters. The van der Waals surface area contributed by atoms with Crippen molar-refractivity contribution in [2.75, 3.05) is 0 Å². The Morgan fingerprint density at radius 2 is 1.50 bits per heavy atom. The average Bonchev–Trinajstić information content (AvgIpc) is 3.41. The number of benzene rings is 3. The number of Topliss-reactive ketones (excluding diaryl/α,β-unsaturated/α-hetero) is 2. The van der Waals surface area contributed by atoms with Crippen molar-refractivity contribution in [3.05, 3.63) is 105 Å². The van der Waals surface area contributed by atoms with Crippen LogP contribution in [0.1, 0.15) is 43.5 Å². The highest BCUT2D eigenvalue weighted by molar-refractivity contribution is 6.36. The number of rotatable bonds is 3. The van der Waals surface area contributed by atoms with Crippen LogP contribution in [-0.4, -0.2) is 33.9 Å². The maximum atomic E-state index is 13.9. The van der Waals surface area contributed by atoms with Gasteiger partial charge in [-0.2, -0.15) is 0 Å². The monoisotopic (exact) mass is 519 g/mol. The summed E-state index contributed by atoms with van der Waals surface area (Å²) in [6, 6.07) is 18.5. The van der Waals surface area contributed by atoms with Gasteiger partial charge < -0.3 is 4.74 Å². The van der Waals surface area contributed by atoms with E-state index in [1.54, 1.807) is 24.3 Å². The molecule has 3 aliphatic rings. The maximum absolute atomic E-state index is 13.9. The van der Waals surface area contributed by atoms with E-state index in [4.69, 9.17) is 27.9 Å². The number of carbonyl (C=O) groups excluding carboxylic acids is 4. The van der Waals surface area contributed by atoms with Crippen molar-refractivity contribution in [2.24, 2.45) is 11.8 Å². The minimum Gasteiger partial charge on any atom is -0.349 e. The lowest BCUT2D eigenvalue weighted by Gasteiger charge is -2.27. The van der Waals surface area contributed by atoms with E-state index in [1.165, 1.54) is 18.2 Å². The van der Waals surface area contributed by atoms with Crippen LogP contribution < -0.4 is 0 Å². The van der Waals surface area contributed by atoms with E-state index >= 15 is 0 Å². The van der Waals surface area contributed by atoms with E-state index in [9.17, 15) is 19.2 Å². The van der Waals surface area contributed by atoms with Gasteiger partial charge in [0.25, 0.3) is 0 Å². The molecule has 0 unspecified atom stereocenters. The first-order chi connectivity index (χ1) is 17.2. The predicted molar refractivity (Wildman–Crippen MR) is 132 cm³/mol. The summed E-state index contributed by atoms with van der Waals surface area (Å²) in [5.74, 6) is -4.72. The molecular weight excluding hydrogens is 501 g/mol. The predicted octanol–water partition coefficient (Wildman–Crippen LogP) is 4.99. The highest BCUT2D eigenvalue weighted by Crippen LogP contribution is 2.58. The molecule has 6 nitrogen and oxygen atoms in total. The Balaban J connectivity index is 1.49. The minimum atomic E-state index is -2.13. The van der Waals surface area contributed by atoms with Crippen molar-refractivity contribution in [3.8, 4) is 0 Å². The van der Waals surface area contributed by atoms with Crippen LogP contribution in [0.2, 0.25) is 10.0 Å². The van der Waals surface area contributed by atoms with Gasteiger partial charge >= 0.3 is 0 Å². The third kappa shape index (κ3) is 3.08. The molecule has 1 aliphatic carbocycles. The molecule has 1 spiro atoms. The van der Waals surface area contributed by atoms with Crippen LogP contribution in [0.4, 0.5) is 0 Å². The van der Waals surface area contributed by atoms with Crippen molar-refractivity contribution >= 4 is 46.6 Å². The highest BCUT2D eigenvalue weighted by atomic mass is 35.5. The van der Waals surface area contributed by atoms with E-state index in [-0.39, 0.29) is 22.7 Å². The van der Waals surface area contributed by atoms with Crippen LogP contribution in [0.15, 0.2) is 66.7 Å². The third-order valence-corrected chi connectivity index (χ3v) is 7.90. The van der Waals surface area contributed by atoms with Gasteiger partial charge in [-0.3, -0.25) is 24.1 Å². The number of amides is 2. The Bertz CT molecular complexity index is 1450. The number of halogens is 2. The van der Waals surface area contributed by atoms with Crippen molar-refractivity contribution in [1.82, 2.24) is 4.90 Å². The van der Waals surface area contributed by atoms with Crippen LogP contribution in [0, 0.1) is 18.8 Å². The fraction of sp³-hybridized carbons (Fsp3) is 0.214. The zero-order chi connectivity index (χ0) is 25.4. The molecular formula is C28H19Cl2NO5. The molecule has 0 aromatic heterocycles. The SMILES string of the molecule is Cc1ccc(CN2C(=O)[C@@H]3[C@@H](c4ccc(Cl)cc4Cl)OC4(C(=O)c5ccccc5C4=O)[C@@H]3C2=O)cc1. The van der Waals surface area contributed by atoms with E-state index in [2.05, 4.69) is 0 Å². The minimum absolute atomic E-state index is 0.0252. The molecule has 2 saturated heterocycles. The van der Waals surface area contributed by atoms with Gasteiger partial charge in [0.15, 0.2) is 0 Å². The summed E-state index contributed by atoms with van der Waals surface area (Å²) in [5.41, 5.74) is 0.423. The fourth-order valence-electron chi connectivity index (χ4n) is 5.62. The number of aryl methyl sites for hydroxylation is 1. The van der Waals surface area contributed by atoms with Gasteiger partial charge in [0.1, 0.15) is 0 Å². The number of carbonyl (C=O) groups is 4. The summed E-state index contributed by atoms with van der Waals surface area (Å²) in [7, 11) is 0. The first-order valence-corrected chi connectivity index (χ1v) is 12.2. The molecule has 3 aromatic carbocycles. The van der Waals surface area contributed by atoms with Crippen LogP contribution in [0.5, 0.6) is 0 Å². The largest absolute Gasteiger partial charge is 0.349 e. The van der Waals surface area contributed by atoms with Gasteiger partial charge in [-0.25, -0.2) is 0 Å². The van der Waals surface area contributed by atoms with Crippen LogP contribution in [0.25, 0.3) is 0 Å². The standard InChI is InChI=1S/C28H19Cl2NO5/c1-14-6-8-15(9-7-14)13-31-26(34)21-22(27(31)35)28(24(32)17-4-2-3-5-18(17)25(28)33)36-23(21)19-11-10-16(29)12-20(19)30/h2-12,21-23H,13H2,1H3/t21-,22-,23+/m0/s1. The van der Waals surface area contributed by atoms with Gasteiger partial charge in [-0.1, -0.05) is 83.4 Å². The number of imide groups is 1. The lowest BCUT2D eigenvalue weighted by atomic mass is 9.77. The Kier molecular flexibility index (Phi) is 5.20. The number of nitrogens with zero attached hydrogens (tertiary/aromatic N) is 1. The number of ketones is 2. The molecule has 6 rings (SSSR count). The third-order valence-electron chi connectivity index (χ3n) is 7.34. The Morgan fingerprint density at radius 1 is 0.861 bits per heavy atom. The molecule has 0 radical (unpaired) electrons. The second kappa shape index (κ2) is 8.10. The van der Waals surface area contributed by atoms with Crippen LogP contribution in [-0.2, 0) is 20.9 Å². The van der Waals surface area contributed by atoms with E-state index < -0.39 is 46.9 Å². The van der Waals surface area contributed by atoms with Gasteiger partial charge in [0, 0.05) is 26.7 Å². The molecule has 2 aliphatic heterocycles. The van der Waals surface area contributed by atoms with Gasteiger partial charge in [-0.05, 0) is 24.6 Å². The van der Waals surface area contributed by atoms with E-state index in [0.29, 0.717) is 10.6 Å². The second-order valence-electron chi connectivity index (χ2n) is 9.40. The van der Waals surface area contributed by atoms with Crippen molar-refractivity contribution in [1.29, 1.82) is 0 Å². The molecule has 180 valence electrons. The summed E-state index contributed by atoms with van der Waals surface area (Å²) in [6.45, 7) is 1.97. The molecule has 3 aromatic rings. The highest BCUT2D eigenvalue weighted by Gasteiger charge is 2.74. The average molecular weight is 520 g/mol. The first-order valence-electron chi connectivity index (χ1n) is 11.5. The van der Waals surface area contributed by atoms with E-state index in [0.717, 1.165) is 16.0 Å². The number of likely N-dealkylation sites (tertiary alicyclic amines) is 1. The van der Waals surface area contributed by atoms with Gasteiger partial charge in [-0.15, -0.1) is 0 Å². The maximum Gasteiger partial charge on any atom is 0.237 e. The first kappa shape index (κ1) is 23.1. The van der Waals surface area contributed by atoms with Gasteiger partial charge in [0.05, 0.1) is 24.5 Å². The molecule has 0 bridgehead atoms. The number of hydrogen-bond acceptors (Lipinski definition) is 5. The quantitative estimate of drug-likeness (QED) is 0.359. The van der Waals surface area contributed by atoms with Crippen LogP contribution >= 0.6 is 23.2 Å². The van der Waals surface area contributed by atoms with E-state index in [1.807, 2.05) is 31.2 Å². The van der Waals surface area contributed by atoms with Crippen molar-refractivity contribution in [3.63, 3.8) is 0 Å². The Morgan fingerprint density at radius 3 is 2.11 bits per heavy atom. The van der Waals surface area contributed by atoms with Gasteiger partial charge in [0.2, 0.25) is 29.0 Å².